The van der Waals surface area contributed by atoms with Crippen molar-refractivity contribution >= 4 is 0 Å². The van der Waals surface area contributed by atoms with Crippen LogP contribution in [0.5, 0.6) is 17.2 Å². The topological polar surface area (TPSA) is 72.7 Å². The number of rotatable bonds is 6. The van der Waals surface area contributed by atoms with Gasteiger partial charge in [-0.25, -0.2) is 0 Å². The van der Waals surface area contributed by atoms with E-state index in [9.17, 15) is 15.3 Å². The third kappa shape index (κ3) is 3.27. The number of hydrogen-bond donors (Lipinski definition) is 4. The van der Waals surface area contributed by atoms with Gasteiger partial charge in [0.15, 0.2) is 11.5 Å². The molecule has 1 aromatic rings. The largest absolute Gasteiger partial charge is 0.504 e. The first kappa shape index (κ1) is 12.0. The zero-order valence-corrected chi connectivity index (χ0v) is 9.82. The predicted molar refractivity (Wildman–Crippen MR) is 65.1 cm³/mol. The summed E-state index contributed by atoms with van der Waals surface area (Å²) in [5.41, 5.74) is 0.603. The lowest BCUT2D eigenvalue weighted by Crippen LogP contribution is -2.14. The molecule has 17 heavy (non-hydrogen) atoms. The van der Waals surface area contributed by atoms with Gasteiger partial charge in [-0.05, 0) is 31.4 Å². The quantitative estimate of drug-likeness (QED) is 0.451. The minimum absolute atomic E-state index is 0.236. The second kappa shape index (κ2) is 5.27. The molecule has 1 aromatic carbocycles. The monoisotopic (exact) mass is 237 g/mol. The number of aromatic hydroxyl groups is 3. The van der Waals surface area contributed by atoms with E-state index in [0.717, 1.165) is 18.9 Å². The molecule has 1 fully saturated rings. The van der Waals surface area contributed by atoms with Crippen molar-refractivity contribution in [3.05, 3.63) is 17.7 Å². The summed E-state index contributed by atoms with van der Waals surface area (Å²) in [4.78, 5) is 0. The Balaban J connectivity index is 1.75. The summed E-state index contributed by atoms with van der Waals surface area (Å²) >= 11 is 0. The lowest BCUT2D eigenvalue weighted by Gasteiger charge is -2.08. The third-order valence-electron chi connectivity index (χ3n) is 3.19. The summed E-state index contributed by atoms with van der Waals surface area (Å²) in [6.07, 6.45) is 5.19. The van der Waals surface area contributed by atoms with E-state index in [4.69, 9.17) is 0 Å². The van der Waals surface area contributed by atoms with Crippen molar-refractivity contribution in [2.75, 3.05) is 6.54 Å². The highest BCUT2D eigenvalue weighted by Gasteiger charge is 2.19. The summed E-state index contributed by atoms with van der Waals surface area (Å²) in [6.45, 7) is 1.42. The van der Waals surface area contributed by atoms with Gasteiger partial charge >= 0.3 is 0 Å². The van der Waals surface area contributed by atoms with Crippen LogP contribution in [0.4, 0.5) is 0 Å². The lowest BCUT2D eigenvalue weighted by atomic mass is 10.1. The molecule has 4 heteroatoms. The van der Waals surface area contributed by atoms with Crippen LogP contribution in [0.2, 0.25) is 0 Å². The standard InChI is InChI=1S/C13H19NO3/c15-11-6-5-10(12(16)13(11)17)8-14-7-1-2-9-3-4-9/h5-6,9,14-17H,1-4,7-8H2. The van der Waals surface area contributed by atoms with Crippen LogP contribution in [0, 0.1) is 5.92 Å². The fraction of sp³-hybridized carbons (Fsp3) is 0.538. The van der Waals surface area contributed by atoms with Crippen molar-refractivity contribution in [3.63, 3.8) is 0 Å². The molecule has 94 valence electrons. The van der Waals surface area contributed by atoms with Crippen molar-refractivity contribution in [2.24, 2.45) is 5.92 Å². The Labute approximate surface area is 101 Å². The molecule has 1 saturated carbocycles. The molecule has 0 unspecified atom stereocenters. The van der Waals surface area contributed by atoms with Crippen molar-refractivity contribution in [1.29, 1.82) is 0 Å². The minimum atomic E-state index is -0.442. The van der Waals surface area contributed by atoms with Crippen molar-refractivity contribution < 1.29 is 15.3 Å². The molecule has 0 bridgehead atoms. The molecule has 1 aliphatic rings. The highest BCUT2D eigenvalue weighted by Crippen LogP contribution is 2.37. The van der Waals surface area contributed by atoms with E-state index in [1.165, 1.54) is 25.3 Å². The van der Waals surface area contributed by atoms with E-state index in [-0.39, 0.29) is 11.5 Å². The molecule has 0 saturated heterocycles. The molecule has 0 spiro atoms. The Bertz CT molecular complexity index is 388. The maximum Gasteiger partial charge on any atom is 0.200 e. The van der Waals surface area contributed by atoms with Gasteiger partial charge in [0.1, 0.15) is 0 Å². The number of phenols is 3. The van der Waals surface area contributed by atoms with Gasteiger partial charge in [0.2, 0.25) is 5.75 Å². The molecule has 0 amide bonds. The Hall–Kier alpha value is -1.42. The van der Waals surface area contributed by atoms with Gasteiger partial charge in [0, 0.05) is 12.1 Å². The second-order valence-corrected chi connectivity index (χ2v) is 4.70. The summed E-state index contributed by atoms with van der Waals surface area (Å²) in [5, 5.41) is 31.3. The Morgan fingerprint density at radius 2 is 1.88 bits per heavy atom. The highest BCUT2D eigenvalue weighted by atomic mass is 16.3. The van der Waals surface area contributed by atoms with E-state index < -0.39 is 5.75 Å². The van der Waals surface area contributed by atoms with Gasteiger partial charge in [0.25, 0.3) is 0 Å². The SMILES string of the molecule is Oc1ccc(CNCCCC2CC2)c(O)c1O. The van der Waals surface area contributed by atoms with E-state index in [0.29, 0.717) is 12.1 Å². The van der Waals surface area contributed by atoms with Gasteiger partial charge in [-0.15, -0.1) is 0 Å². The normalized spacial score (nSPS) is 15.1. The first-order valence-corrected chi connectivity index (χ1v) is 6.12. The maximum atomic E-state index is 9.58. The fourth-order valence-corrected chi connectivity index (χ4v) is 1.90. The van der Waals surface area contributed by atoms with Gasteiger partial charge in [-0.3, -0.25) is 0 Å². The number of benzene rings is 1. The summed E-state index contributed by atoms with van der Waals surface area (Å²) in [5.74, 6) is -0.0233. The van der Waals surface area contributed by atoms with Gasteiger partial charge < -0.3 is 20.6 Å². The molecular weight excluding hydrogens is 218 g/mol. The molecule has 0 atom stereocenters. The summed E-state index contributed by atoms with van der Waals surface area (Å²) < 4.78 is 0. The van der Waals surface area contributed by atoms with Crippen molar-refractivity contribution in [1.82, 2.24) is 5.32 Å². The zero-order chi connectivity index (χ0) is 12.3. The Morgan fingerprint density at radius 1 is 1.12 bits per heavy atom. The Morgan fingerprint density at radius 3 is 2.59 bits per heavy atom. The smallest absolute Gasteiger partial charge is 0.200 e. The average molecular weight is 237 g/mol. The molecular formula is C13H19NO3. The number of phenolic OH excluding ortho intramolecular Hbond substituents is 3. The lowest BCUT2D eigenvalue weighted by molar-refractivity contribution is 0.364. The van der Waals surface area contributed by atoms with Crippen LogP contribution in [0.3, 0.4) is 0 Å². The average Bonchev–Trinajstić information content (AvgIpc) is 3.12. The van der Waals surface area contributed by atoms with Crippen molar-refractivity contribution in [3.8, 4) is 17.2 Å². The molecule has 0 aliphatic heterocycles. The number of hydrogen-bond acceptors (Lipinski definition) is 4. The van der Waals surface area contributed by atoms with Gasteiger partial charge in [-0.2, -0.15) is 0 Å². The van der Waals surface area contributed by atoms with E-state index >= 15 is 0 Å². The first-order chi connectivity index (χ1) is 8.18. The van der Waals surface area contributed by atoms with Crippen molar-refractivity contribution in [2.45, 2.75) is 32.2 Å². The maximum absolute atomic E-state index is 9.58. The van der Waals surface area contributed by atoms with Crippen LogP contribution in [0.1, 0.15) is 31.2 Å². The summed E-state index contributed by atoms with van der Waals surface area (Å²) in [7, 11) is 0. The molecule has 4 N–H and O–H groups in total. The fourth-order valence-electron chi connectivity index (χ4n) is 1.90. The van der Waals surface area contributed by atoms with E-state index in [2.05, 4.69) is 5.32 Å². The van der Waals surface area contributed by atoms with Crippen LogP contribution < -0.4 is 5.32 Å². The zero-order valence-electron chi connectivity index (χ0n) is 9.82. The molecule has 4 nitrogen and oxygen atoms in total. The molecule has 0 heterocycles. The van der Waals surface area contributed by atoms with Crippen LogP contribution in [-0.4, -0.2) is 21.9 Å². The highest BCUT2D eigenvalue weighted by molar-refractivity contribution is 5.52. The Kier molecular flexibility index (Phi) is 3.74. The first-order valence-electron chi connectivity index (χ1n) is 6.12. The van der Waals surface area contributed by atoms with Crippen LogP contribution >= 0.6 is 0 Å². The van der Waals surface area contributed by atoms with Crippen LogP contribution in [0.15, 0.2) is 12.1 Å². The van der Waals surface area contributed by atoms with E-state index in [1.54, 1.807) is 6.07 Å². The van der Waals surface area contributed by atoms with Gasteiger partial charge in [0.05, 0.1) is 0 Å². The predicted octanol–water partition coefficient (Wildman–Crippen LogP) is 2.08. The molecule has 0 radical (unpaired) electrons. The minimum Gasteiger partial charge on any atom is -0.504 e. The number of nitrogens with one attached hydrogen (secondary N) is 1. The van der Waals surface area contributed by atoms with Crippen LogP contribution in [-0.2, 0) is 6.54 Å². The molecule has 0 aromatic heterocycles. The molecule has 2 rings (SSSR count). The van der Waals surface area contributed by atoms with E-state index in [1.807, 2.05) is 0 Å². The third-order valence-corrected chi connectivity index (χ3v) is 3.19. The second-order valence-electron chi connectivity index (χ2n) is 4.70. The van der Waals surface area contributed by atoms with Crippen LogP contribution in [0.25, 0.3) is 0 Å². The van der Waals surface area contributed by atoms with Gasteiger partial charge in [-0.1, -0.05) is 18.9 Å². The molecule has 1 aliphatic carbocycles. The summed E-state index contributed by atoms with van der Waals surface area (Å²) in [6, 6.07) is 2.99.